The number of hydrogen-bond donors (Lipinski definition) is 1. The lowest BCUT2D eigenvalue weighted by atomic mass is 9.97. The molecule has 3 nitrogen and oxygen atoms in total. The van der Waals surface area contributed by atoms with Crippen LogP contribution in [0.4, 0.5) is 0 Å². The molecule has 4 aromatic carbocycles. The molecule has 0 aliphatic heterocycles. The van der Waals surface area contributed by atoms with E-state index in [0.29, 0.717) is 5.56 Å². The van der Waals surface area contributed by atoms with Crippen molar-refractivity contribution in [3.05, 3.63) is 95.6 Å². The minimum Gasteiger partial charge on any atom is -0.267 e. The summed E-state index contributed by atoms with van der Waals surface area (Å²) in [6, 6.07) is 26.0. The summed E-state index contributed by atoms with van der Waals surface area (Å²) in [5.41, 5.74) is 5.28. The topological polar surface area (TPSA) is 41.5 Å². The van der Waals surface area contributed by atoms with Gasteiger partial charge in [-0.05, 0) is 46.7 Å². The highest BCUT2D eigenvalue weighted by Gasteiger charge is 2.06. The first-order valence-corrected chi connectivity index (χ1v) is 8.53. The lowest BCUT2D eigenvalue weighted by molar-refractivity contribution is 0.0955. The standard InChI is InChI=1S/C23H18N2O/c1-16-7-6-10-19(13-16)23(26)25-24-15-22-20-11-4-2-8-17(20)14-18-9-3-5-12-21(18)22/h2-15H,1H3,(H,25,26). The summed E-state index contributed by atoms with van der Waals surface area (Å²) in [7, 11) is 0. The SMILES string of the molecule is Cc1cccc(C(=O)NN=Cc2c3ccccc3cc3ccccc23)c1. The fourth-order valence-electron chi connectivity index (χ4n) is 3.19. The molecule has 0 atom stereocenters. The Morgan fingerprint density at radius 1 is 0.846 bits per heavy atom. The van der Waals surface area contributed by atoms with Gasteiger partial charge in [-0.1, -0.05) is 66.2 Å². The van der Waals surface area contributed by atoms with E-state index in [1.807, 2.05) is 49.4 Å². The summed E-state index contributed by atoms with van der Waals surface area (Å²) < 4.78 is 0. The first kappa shape index (κ1) is 16.0. The predicted octanol–water partition coefficient (Wildman–Crippen LogP) is 5.07. The van der Waals surface area contributed by atoms with Crippen molar-refractivity contribution in [3.8, 4) is 0 Å². The molecule has 0 fully saturated rings. The molecule has 0 aliphatic rings. The van der Waals surface area contributed by atoms with Crippen molar-refractivity contribution >= 4 is 33.7 Å². The molecular formula is C23H18N2O. The van der Waals surface area contributed by atoms with Crippen LogP contribution >= 0.6 is 0 Å². The number of nitrogens with zero attached hydrogens (tertiary/aromatic N) is 1. The first-order chi connectivity index (χ1) is 12.7. The highest BCUT2D eigenvalue weighted by molar-refractivity contribution is 6.13. The van der Waals surface area contributed by atoms with Crippen LogP contribution in [0.15, 0.2) is 84.0 Å². The molecule has 4 rings (SSSR count). The van der Waals surface area contributed by atoms with E-state index in [-0.39, 0.29) is 5.91 Å². The van der Waals surface area contributed by atoms with E-state index in [9.17, 15) is 4.79 Å². The van der Waals surface area contributed by atoms with Crippen molar-refractivity contribution in [2.24, 2.45) is 5.10 Å². The average Bonchev–Trinajstić information content (AvgIpc) is 2.67. The van der Waals surface area contributed by atoms with E-state index in [0.717, 1.165) is 32.7 Å². The maximum absolute atomic E-state index is 12.3. The zero-order valence-electron chi connectivity index (χ0n) is 14.4. The van der Waals surface area contributed by atoms with Crippen LogP contribution in [0, 0.1) is 6.92 Å². The van der Waals surface area contributed by atoms with E-state index in [1.165, 1.54) is 0 Å². The predicted molar refractivity (Wildman–Crippen MR) is 108 cm³/mol. The van der Waals surface area contributed by atoms with Crippen molar-refractivity contribution in [3.63, 3.8) is 0 Å². The highest BCUT2D eigenvalue weighted by Crippen LogP contribution is 2.27. The number of amides is 1. The van der Waals surface area contributed by atoms with Crippen LogP contribution < -0.4 is 5.43 Å². The Labute approximate surface area is 152 Å². The van der Waals surface area contributed by atoms with Gasteiger partial charge < -0.3 is 0 Å². The van der Waals surface area contributed by atoms with Crippen molar-refractivity contribution in [2.45, 2.75) is 6.92 Å². The molecule has 0 unspecified atom stereocenters. The molecule has 0 saturated carbocycles. The Hall–Kier alpha value is -3.46. The second kappa shape index (κ2) is 6.81. The molecule has 126 valence electrons. The van der Waals surface area contributed by atoms with Gasteiger partial charge in [0.15, 0.2) is 0 Å². The van der Waals surface area contributed by atoms with Crippen LogP contribution in [-0.4, -0.2) is 12.1 Å². The normalized spacial score (nSPS) is 11.3. The third-order valence-electron chi connectivity index (χ3n) is 4.45. The number of carbonyl (C=O) groups excluding carboxylic acids is 1. The number of nitrogens with one attached hydrogen (secondary N) is 1. The van der Waals surface area contributed by atoms with Gasteiger partial charge in [0.25, 0.3) is 5.91 Å². The molecule has 1 N–H and O–H groups in total. The molecule has 1 amide bonds. The summed E-state index contributed by atoms with van der Waals surface area (Å²) in [4.78, 5) is 12.3. The molecule has 0 aliphatic carbocycles. The quantitative estimate of drug-likeness (QED) is 0.316. The van der Waals surface area contributed by atoms with Crippen LogP contribution in [0.2, 0.25) is 0 Å². The van der Waals surface area contributed by atoms with E-state index < -0.39 is 0 Å². The minimum atomic E-state index is -0.213. The lowest BCUT2D eigenvalue weighted by Gasteiger charge is -2.08. The molecular weight excluding hydrogens is 320 g/mol. The van der Waals surface area contributed by atoms with Gasteiger partial charge in [0, 0.05) is 11.1 Å². The summed E-state index contributed by atoms with van der Waals surface area (Å²) in [6.45, 7) is 1.96. The highest BCUT2D eigenvalue weighted by atomic mass is 16.2. The van der Waals surface area contributed by atoms with Crippen molar-refractivity contribution < 1.29 is 4.79 Å². The van der Waals surface area contributed by atoms with Crippen LogP contribution in [0.5, 0.6) is 0 Å². The maximum Gasteiger partial charge on any atom is 0.271 e. The van der Waals surface area contributed by atoms with E-state index in [2.05, 4.69) is 40.9 Å². The van der Waals surface area contributed by atoms with E-state index in [4.69, 9.17) is 0 Å². The van der Waals surface area contributed by atoms with Gasteiger partial charge in [0.05, 0.1) is 6.21 Å². The van der Waals surface area contributed by atoms with Gasteiger partial charge in [-0.15, -0.1) is 0 Å². The van der Waals surface area contributed by atoms with Crippen molar-refractivity contribution in [1.82, 2.24) is 5.43 Å². The van der Waals surface area contributed by atoms with Gasteiger partial charge in [-0.2, -0.15) is 5.10 Å². The number of hydrazone groups is 1. The van der Waals surface area contributed by atoms with Crippen LogP contribution in [0.3, 0.4) is 0 Å². The number of rotatable bonds is 3. The zero-order valence-corrected chi connectivity index (χ0v) is 14.4. The molecule has 0 radical (unpaired) electrons. The third kappa shape index (κ3) is 3.07. The Balaban J connectivity index is 1.71. The summed E-state index contributed by atoms with van der Waals surface area (Å²) in [5, 5.41) is 8.75. The largest absolute Gasteiger partial charge is 0.271 e. The van der Waals surface area contributed by atoms with Gasteiger partial charge in [-0.3, -0.25) is 4.79 Å². The van der Waals surface area contributed by atoms with Crippen LogP contribution in [0.25, 0.3) is 21.5 Å². The van der Waals surface area contributed by atoms with Gasteiger partial charge >= 0.3 is 0 Å². The molecule has 0 aromatic heterocycles. The molecule has 4 aromatic rings. The Morgan fingerprint density at radius 3 is 2.15 bits per heavy atom. The fourth-order valence-corrected chi connectivity index (χ4v) is 3.19. The summed E-state index contributed by atoms with van der Waals surface area (Å²) in [6.07, 6.45) is 1.73. The van der Waals surface area contributed by atoms with Gasteiger partial charge in [0.1, 0.15) is 0 Å². The van der Waals surface area contributed by atoms with Crippen molar-refractivity contribution in [1.29, 1.82) is 0 Å². The second-order valence-electron chi connectivity index (χ2n) is 6.30. The average molecular weight is 338 g/mol. The molecule has 0 spiro atoms. The molecule has 3 heteroatoms. The van der Waals surface area contributed by atoms with Crippen LogP contribution in [-0.2, 0) is 0 Å². The lowest BCUT2D eigenvalue weighted by Crippen LogP contribution is -2.17. The molecule has 26 heavy (non-hydrogen) atoms. The van der Waals surface area contributed by atoms with E-state index in [1.54, 1.807) is 12.3 Å². The summed E-state index contributed by atoms with van der Waals surface area (Å²) in [5.74, 6) is -0.213. The monoisotopic (exact) mass is 338 g/mol. The first-order valence-electron chi connectivity index (χ1n) is 8.53. The Bertz CT molecular complexity index is 1090. The maximum atomic E-state index is 12.3. The van der Waals surface area contributed by atoms with Crippen LogP contribution in [0.1, 0.15) is 21.5 Å². The van der Waals surface area contributed by atoms with Gasteiger partial charge in [-0.25, -0.2) is 5.43 Å². The number of fused-ring (bicyclic) bond motifs is 2. The second-order valence-corrected chi connectivity index (χ2v) is 6.30. The minimum absolute atomic E-state index is 0.213. The van der Waals surface area contributed by atoms with E-state index >= 15 is 0 Å². The Morgan fingerprint density at radius 2 is 1.50 bits per heavy atom. The summed E-state index contributed by atoms with van der Waals surface area (Å²) >= 11 is 0. The van der Waals surface area contributed by atoms with Gasteiger partial charge in [0.2, 0.25) is 0 Å². The third-order valence-corrected chi connectivity index (χ3v) is 4.45. The molecule has 0 bridgehead atoms. The smallest absolute Gasteiger partial charge is 0.267 e. The zero-order chi connectivity index (χ0) is 17.9. The molecule has 0 saturated heterocycles. The number of benzene rings is 4. The number of carbonyl (C=O) groups is 1. The fraction of sp³-hybridized carbons (Fsp3) is 0.0435. The van der Waals surface area contributed by atoms with Crippen molar-refractivity contribution in [2.75, 3.05) is 0 Å². The Kier molecular flexibility index (Phi) is 4.20. The number of hydrogen-bond acceptors (Lipinski definition) is 2. The number of aryl methyl sites for hydroxylation is 1. The molecule has 0 heterocycles.